The van der Waals surface area contributed by atoms with Crippen LogP contribution in [-0.2, 0) is 4.79 Å². The van der Waals surface area contributed by atoms with E-state index in [0.717, 1.165) is 27.1 Å². The van der Waals surface area contributed by atoms with Gasteiger partial charge in [-0.15, -0.1) is 0 Å². The van der Waals surface area contributed by atoms with Crippen molar-refractivity contribution in [2.45, 2.75) is 6.04 Å². The van der Waals surface area contributed by atoms with E-state index in [1.54, 1.807) is 0 Å². The van der Waals surface area contributed by atoms with Crippen molar-refractivity contribution < 1.29 is 4.79 Å². The number of rotatable bonds is 2. The first-order chi connectivity index (χ1) is 9.58. The standard InChI is InChI=1S/C15H14BrN3O/c1-19(9-5-3-2-4-6-9)13-8-12-10(7-11(13)16)14(17)15(20)18-12/h2-8,14H,17H2,1H3,(H,18,20). The molecular weight excluding hydrogens is 318 g/mol. The quantitative estimate of drug-likeness (QED) is 0.888. The molecule has 5 heteroatoms. The molecule has 3 rings (SSSR count). The van der Waals surface area contributed by atoms with Gasteiger partial charge in [0.2, 0.25) is 5.91 Å². The molecule has 4 nitrogen and oxygen atoms in total. The minimum Gasteiger partial charge on any atom is -0.344 e. The van der Waals surface area contributed by atoms with Gasteiger partial charge in [0, 0.05) is 28.5 Å². The predicted molar refractivity (Wildman–Crippen MR) is 84.2 cm³/mol. The number of nitrogens with zero attached hydrogens (tertiary/aromatic N) is 1. The molecule has 1 aliphatic heterocycles. The smallest absolute Gasteiger partial charge is 0.245 e. The van der Waals surface area contributed by atoms with E-state index in [4.69, 9.17) is 5.73 Å². The lowest BCUT2D eigenvalue weighted by atomic mass is 10.1. The average molecular weight is 332 g/mol. The average Bonchev–Trinajstić information content (AvgIpc) is 2.74. The lowest BCUT2D eigenvalue weighted by Gasteiger charge is -2.22. The summed E-state index contributed by atoms with van der Waals surface area (Å²) in [5.41, 5.74) is 9.50. The topological polar surface area (TPSA) is 58.4 Å². The van der Waals surface area contributed by atoms with Gasteiger partial charge in [0.1, 0.15) is 6.04 Å². The van der Waals surface area contributed by atoms with Crippen LogP contribution in [0.25, 0.3) is 0 Å². The minimum atomic E-state index is -0.586. The van der Waals surface area contributed by atoms with Gasteiger partial charge in [0.15, 0.2) is 0 Å². The van der Waals surface area contributed by atoms with Crippen molar-refractivity contribution in [3.63, 3.8) is 0 Å². The second-order valence-electron chi connectivity index (χ2n) is 4.75. The fourth-order valence-corrected chi connectivity index (χ4v) is 2.97. The molecule has 1 aliphatic rings. The van der Waals surface area contributed by atoms with Crippen LogP contribution in [0.5, 0.6) is 0 Å². The normalized spacial score (nSPS) is 16.8. The van der Waals surface area contributed by atoms with Crippen molar-refractivity contribution in [2.24, 2.45) is 5.73 Å². The third-order valence-electron chi connectivity index (χ3n) is 3.50. The number of anilines is 3. The number of nitrogens with one attached hydrogen (secondary N) is 1. The first-order valence-corrected chi connectivity index (χ1v) is 7.06. The summed E-state index contributed by atoms with van der Waals surface area (Å²) in [6.07, 6.45) is 0. The Bertz CT molecular complexity index is 672. The second-order valence-corrected chi connectivity index (χ2v) is 5.61. The number of benzene rings is 2. The molecule has 2 aromatic carbocycles. The maximum absolute atomic E-state index is 11.6. The van der Waals surface area contributed by atoms with E-state index < -0.39 is 6.04 Å². The van der Waals surface area contributed by atoms with Gasteiger partial charge in [0.25, 0.3) is 0 Å². The lowest BCUT2D eigenvalue weighted by molar-refractivity contribution is -0.116. The molecule has 102 valence electrons. The van der Waals surface area contributed by atoms with E-state index in [1.165, 1.54) is 0 Å². The van der Waals surface area contributed by atoms with E-state index >= 15 is 0 Å². The summed E-state index contributed by atoms with van der Waals surface area (Å²) in [5, 5.41) is 2.81. The summed E-state index contributed by atoms with van der Waals surface area (Å²) in [5.74, 6) is -0.161. The highest BCUT2D eigenvalue weighted by atomic mass is 79.9. The molecule has 3 N–H and O–H groups in total. The van der Waals surface area contributed by atoms with Gasteiger partial charge in [-0.2, -0.15) is 0 Å². The van der Waals surface area contributed by atoms with Crippen molar-refractivity contribution in [3.05, 3.63) is 52.5 Å². The summed E-state index contributed by atoms with van der Waals surface area (Å²) < 4.78 is 0.912. The van der Waals surface area contributed by atoms with E-state index in [2.05, 4.69) is 26.1 Å². The van der Waals surface area contributed by atoms with Gasteiger partial charge in [-0.25, -0.2) is 0 Å². The van der Waals surface area contributed by atoms with Gasteiger partial charge in [-0.1, -0.05) is 18.2 Å². The van der Waals surface area contributed by atoms with Crippen LogP contribution in [0.2, 0.25) is 0 Å². The zero-order valence-electron chi connectivity index (χ0n) is 10.9. The first-order valence-electron chi connectivity index (χ1n) is 6.26. The van der Waals surface area contributed by atoms with E-state index in [0.29, 0.717) is 0 Å². The predicted octanol–water partition coefficient (Wildman–Crippen LogP) is 3.17. The highest BCUT2D eigenvalue weighted by molar-refractivity contribution is 9.10. The Morgan fingerprint density at radius 1 is 1.25 bits per heavy atom. The molecule has 1 unspecified atom stereocenters. The Morgan fingerprint density at radius 2 is 1.95 bits per heavy atom. The third kappa shape index (κ3) is 2.09. The molecule has 0 bridgehead atoms. The fourth-order valence-electron chi connectivity index (χ4n) is 2.34. The van der Waals surface area contributed by atoms with Crippen LogP contribution < -0.4 is 16.0 Å². The fraction of sp³-hybridized carbons (Fsp3) is 0.133. The number of amides is 1. The molecule has 0 saturated carbocycles. The molecule has 1 amide bonds. The Labute approximate surface area is 125 Å². The number of halogens is 1. The summed E-state index contributed by atoms with van der Waals surface area (Å²) in [6.45, 7) is 0. The number of nitrogens with two attached hydrogens (primary N) is 1. The van der Waals surface area contributed by atoms with Crippen LogP contribution in [0.1, 0.15) is 11.6 Å². The van der Waals surface area contributed by atoms with Crippen molar-refractivity contribution in [3.8, 4) is 0 Å². The van der Waals surface area contributed by atoms with Crippen LogP contribution in [0.15, 0.2) is 46.9 Å². The van der Waals surface area contributed by atoms with Crippen LogP contribution >= 0.6 is 15.9 Å². The summed E-state index contributed by atoms with van der Waals surface area (Å²) in [4.78, 5) is 13.7. The number of carbonyl (C=O) groups excluding carboxylic acids is 1. The van der Waals surface area contributed by atoms with Gasteiger partial charge in [-0.05, 0) is 40.2 Å². The number of carbonyl (C=O) groups is 1. The Morgan fingerprint density at radius 3 is 2.65 bits per heavy atom. The van der Waals surface area contributed by atoms with Crippen LogP contribution in [0.3, 0.4) is 0 Å². The highest BCUT2D eigenvalue weighted by Crippen LogP contribution is 2.39. The highest BCUT2D eigenvalue weighted by Gasteiger charge is 2.28. The lowest BCUT2D eigenvalue weighted by Crippen LogP contribution is -2.19. The molecule has 0 aromatic heterocycles. The van der Waals surface area contributed by atoms with Crippen molar-refractivity contribution in [1.29, 1.82) is 0 Å². The molecule has 2 aromatic rings. The van der Waals surface area contributed by atoms with E-state index in [1.807, 2.05) is 49.5 Å². The largest absolute Gasteiger partial charge is 0.344 e. The second kappa shape index (κ2) is 4.92. The molecule has 0 spiro atoms. The van der Waals surface area contributed by atoms with Gasteiger partial charge >= 0.3 is 0 Å². The first kappa shape index (κ1) is 13.1. The Kier molecular flexibility index (Phi) is 3.23. The zero-order valence-corrected chi connectivity index (χ0v) is 12.5. The molecule has 0 fully saturated rings. The van der Waals surface area contributed by atoms with Crippen LogP contribution in [0.4, 0.5) is 17.1 Å². The maximum atomic E-state index is 11.6. The summed E-state index contributed by atoms with van der Waals surface area (Å²) in [6, 6.07) is 13.3. The van der Waals surface area contributed by atoms with Gasteiger partial charge in [0.05, 0.1) is 5.69 Å². The van der Waals surface area contributed by atoms with Crippen molar-refractivity contribution in [1.82, 2.24) is 0 Å². The number of para-hydroxylation sites is 1. The van der Waals surface area contributed by atoms with Crippen LogP contribution in [0, 0.1) is 0 Å². The van der Waals surface area contributed by atoms with E-state index in [-0.39, 0.29) is 5.91 Å². The molecule has 0 saturated heterocycles. The number of hydrogen-bond acceptors (Lipinski definition) is 3. The molecule has 1 heterocycles. The summed E-state index contributed by atoms with van der Waals surface area (Å²) in [7, 11) is 1.98. The summed E-state index contributed by atoms with van der Waals surface area (Å²) >= 11 is 3.56. The number of fused-ring (bicyclic) bond motifs is 1. The molecule has 20 heavy (non-hydrogen) atoms. The monoisotopic (exact) mass is 331 g/mol. The van der Waals surface area contributed by atoms with Crippen molar-refractivity contribution in [2.75, 3.05) is 17.3 Å². The Hall–Kier alpha value is -1.85. The number of hydrogen-bond donors (Lipinski definition) is 2. The van der Waals surface area contributed by atoms with E-state index in [9.17, 15) is 4.79 Å². The SMILES string of the molecule is CN(c1ccccc1)c1cc2c(cc1Br)C(N)C(=O)N2. The maximum Gasteiger partial charge on any atom is 0.245 e. The Balaban J connectivity index is 2.04. The van der Waals surface area contributed by atoms with Crippen LogP contribution in [-0.4, -0.2) is 13.0 Å². The molecule has 1 atom stereocenters. The third-order valence-corrected chi connectivity index (χ3v) is 4.13. The van der Waals surface area contributed by atoms with Crippen molar-refractivity contribution >= 4 is 38.9 Å². The van der Waals surface area contributed by atoms with Gasteiger partial charge in [-0.3, -0.25) is 4.79 Å². The minimum absolute atomic E-state index is 0.161. The zero-order chi connectivity index (χ0) is 14.3. The molecule has 0 aliphatic carbocycles. The van der Waals surface area contributed by atoms with Gasteiger partial charge < -0.3 is 16.0 Å². The molecule has 0 radical (unpaired) electrons. The molecular formula is C15H14BrN3O.